The van der Waals surface area contributed by atoms with Crippen LogP contribution in [0.5, 0.6) is 0 Å². The second kappa shape index (κ2) is 27.5. The van der Waals surface area contributed by atoms with Gasteiger partial charge in [-0.3, -0.25) is 0 Å². The van der Waals surface area contributed by atoms with Gasteiger partial charge in [-0.25, -0.2) is 0 Å². The average molecular weight is 854 g/mol. The Morgan fingerprint density at radius 2 is 0.531 bits per heavy atom. The van der Waals surface area contributed by atoms with E-state index in [1.807, 2.05) is 13.0 Å². The molecule has 0 spiro atoms. The van der Waals surface area contributed by atoms with Crippen molar-refractivity contribution in [2.75, 3.05) is 0 Å². The Labute approximate surface area is 310 Å². The molecule has 0 fully saturated rings. The summed E-state index contributed by atoms with van der Waals surface area (Å²) in [4.78, 5) is 0. The summed E-state index contributed by atoms with van der Waals surface area (Å²) >= 11 is 0. The van der Waals surface area contributed by atoms with E-state index in [4.69, 9.17) is 10.5 Å². The monoisotopic (exact) mass is 854 g/mol. The number of nitrogens with zero attached hydrogens (tertiary/aromatic N) is 2. The van der Waals surface area contributed by atoms with Crippen LogP contribution in [0.3, 0.4) is 0 Å². The molecule has 0 amide bonds. The normalized spacial score (nSPS) is 9.31. The van der Waals surface area contributed by atoms with E-state index < -0.39 is 15.8 Å². The van der Waals surface area contributed by atoms with E-state index in [1.54, 1.807) is 18.2 Å². The largest absolute Gasteiger partial charge is 0.199 e. The van der Waals surface area contributed by atoms with Gasteiger partial charge < -0.3 is 0 Å². The first kappa shape index (κ1) is 42.6. The Morgan fingerprint density at radius 1 is 0.408 bits per heavy atom. The summed E-state index contributed by atoms with van der Waals surface area (Å²) in [7, 11) is -0.892. The molecule has 5 heteroatoms. The van der Waals surface area contributed by atoms with Crippen LogP contribution < -0.4 is 31.8 Å². The number of hydrogen-bond donors (Lipinski definition) is 0. The van der Waals surface area contributed by atoms with Crippen LogP contribution in [-0.4, -0.2) is 0 Å². The number of hydrogen-bond acceptors (Lipinski definition) is 2. The van der Waals surface area contributed by atoms with Crippen LogP contribution in [0.25, 0.3) is 0 Å². The minimum atomic E-state index is -0.446. The third kappa shape index (κ3) is 16.0. The van der Waals surface area contributed by atoms with E-state index in [1.165, 1.54) is 45.7 Å². The fourth-order valence-electron chi connectivity index (χ4n) is 4.36. The topological polar surface area (TPSA) is 47.6 Å². The molecule has 0 aliphatic rings. The third-order valence-electron chi connectivity index (χ3n) is 6.32. The molecule has 0 aromatic heterocycles. The zero-order chi connectivity index (χ0) is 34.7. The maximum Gasteiger partial charge on any atom is 0.0587 e. The van der Waals surface area contributed by atoms with Crippen LogP contribution >= 0.6 is 15.8 Å². The predicted octanol–water partition coefficient (Wildman–Crippen LogP) is 9.34. The molecular formula is C44H43IrN2P2. The van der Waals surface area contributed by atoms with E-state index in [-0.39, 0.29) is 20.1 Å². The molecule has 0 aliphatic carbocycles. The van der Waals surface area contributed by atoms with Crippen LogP contribution in [0.15, 0.2) is 194 Å². The molecule has 0 saturated heterocycles. The molecule has 0 unspecified atom stereocenters. The number of nitriles is 2. The van der Waals surface area contributed by atoms with Gasteiger partial charge in [0, 0.05) is 34.0 Å². The Balaban J connectivity index is 0.000000381. The van der Waals surface area contributed by atoms with Gasteiger partial charge in [-0.1, -0.05) is 194 Å². The molecule has 248 valence electrons. The Bertz CT molecular complexity index is 1430. The summed E-state index contributed by atoms with van der Waals surface area (Å²) in [6.45, 7) is 8.22. The van der Waals surface area contributed by atoms with E-state index in [0.717, 1.165) is 0 Å². The zero-order valence-electron chi connectivity index (χ0n) is 28.3. The Hall–Kier alpha value is -4.45. The summed E-state index contributed by atoms with van der Waals surface area (Å²) in [6.07, 6.45) is 3.64. The van der Waals surface area contributed by atoms with Crippen LogP contribution in [0.1, 0.15) is 20.8 Å². The van der Waals surface area contributed by atoms with Crippen molar-refractivity contribution in [3.8, 4) is 12.1 Å². The van der Waals surface area contributed by atoms with Crippen LogP contribution in [-0.2, 0) is 20.1 Å². The maximum absolute atomic E-state index is 7.32. The fraction of sp³-hybridized carbons (Fsp3) is 0.0682. The first-order valence-electron chi connectivity index (χ1n) is 15.6. The molecule has 0 heterocycles. The van der Waals surface area contributed by atoms with Crippen molar-refractivity contribution in [1.82, 2.24) is 0 Å². The Kier molecular flexibility index (Phi) is 23.9. The molecule has 49 heavy (non-hydrogen) atoms. The van der Waals surface area contributed by atoms with Gasteiger partial charge >= 0.3 is 0 Å². The molecule has 2 radical (unpaired) electrons. The number of allylic oxidation sites excluding steroid dienone is 2. The van der Waals surface area contributed by atoms with Crippen molar-refractivity contribution in [3.63, 3.8) is 0 Å². The van der Waals surface area contributed by atoms with Crippen LogP contribution in [0.4, 0.5) is 0 Å². The van der Waals surface area contributed by atoms with Gasteiger partial charge in [-0.05, 0) is 61.5 Å². The van der Waals surface area contributed by atoms with Crippen LogP contribution in [0, 0.1) is 29.6 Å². The minimum Gasteiger partial charge on any atom is -0.199 e. The molecular weight excluding hydrogens is 811 g/mol. The zero-order valence-corrected chi connectivity index (χ0v) is 32.5. The minimum absolute atomic E-state index is 0. The molecule has 0 saturated carbocycles. The van der Waals surface area contributed by atoms with Gasteiger partial charge in [0.1, 0.15) is 0 Å². The van der Waals surface area contributed by atoms with Crippen molar-refractivity contribution in [2.45, 2.75) is 20.8 Å². The molecule has 6 aromatic rings. The van der Waals surface area contributed by atoms with Gasteiger partial charge in [0.15, 0.2) is 0 Å². The maximum atomic E-state index is 7.32. The van der Waals surface area contributed by atoms with E-state index in [2.05, 4.69) is 189 Å². The molecule has 2 nitrogen and oxygen atoms in total. The van der Waals surface area contributed by atoms with E-state index >= 15 is 0 Å². The molecule has 0 aliphatic heterocycles. The predicted molar refractivity (Wildman–Crippen MR) is 213 cm³/mol. The molecule has 0 atom stereocenters. The summed E-state index contributed by atoms with van der Waals surface area (Å²) in [5.41, 5.74) is 0. The first-order chi connectivity index (χ1) is 23.6. The third-order valence-corrected chi connectivity index (χ3v) is 11.2. The summed E-state index contributed by atoms with van der Waals surface area (Å²) in [6, 6.07) is 68.2. The van der Waals surface area contributed by atoms with Gasteiger partial charge in [-0.2, -0.15) is 10.5 Å². The van der Waals surface area contributed by atoms with Crippen molar-refractivity contribution in [1.29, 1.82) is 10.5 Å². The van der Waals surface area contributed by atoms with Gasteiger partial charge in [0.25, 0.3) is 0 Å². The molecule has 6 aromatic carbocycles. The van der Waals surface area contributed by atoms with Crippen molar-refractivity contribution in [2.24, 2.45) is 0 Å². The smallest absolute Gasteiger partial charge is 0.0587 e. The van der Waals surface area contributed by atoms with Gasteiger partial charge in [0.05, 0.1) is 12.1 Å². The van der Waals surface area contributed by atoms with Gasteiger partial charge in [-0.15, -0.1) is 0 Å². The summed E-state index contributed by atoms with van der Waals surface area (Å²) in [5, 5.41) is 23.0. The SMILES string of the molecule is CC#N.CC#N.[CH2]/C=C/C.[Ir].c1ccc(P(c2ccccc2)c2ccccc2)cc1.c1ccc(P(c2ccccc2)c2ccccc2)cc1. The second-order valence-electron chi connectivity index (χ2n) is 9.70. The van der Waals surface area contributed by atoms with Crippen molar-refractivity contribution < 1.29 is 20.1 Å². The van der Waals surface area contributed by atoms with Gasteiger partial charge in [0.2, 0.25) is 0 Å². The van der Waals surface area contributed by atoms with Crippen molar-refractivity contribution >= 4 is 47.7 Å². The summed E-state index contributed by atoms with van der Waals surface area (Å²) in [5.74, 6) is 0. The van der Waals surface area contributed by atoms with Crippen molar-refractivity contribution in [3.05, 3.63) is 201 Å². The second-order valence-corrected chi connectivity index (χ2v) is 14.1. The quantitative estimate of drug-likeness (QED) is 0.157. The number of benzene rings is 6. The fourth-order valence-corrected chi connectivity index (χ4v) is 8.97. The molecule has 0 bridgehead atoms. The standard InChI is InChI=1S/2C18H15P.C4H7.2C2H3N.Ir/c2*1-4-10-16(11-5-1)19(17-12-6-2-7-13-17)18-14-8-3-9-15-18;1-3-4-2;2*1-2-3;/h2*1-15H;3-4H,1H2,2H3;2*1H3;/b;;4-3+;;;. The van der Waals surface area contributed by atoms with E-state index in [9.17, 15) is 0 Å². The molecule has 6 rings (SSSR count). The number of rotatable bonds is 6. The van der Waals surface area contributed by atoms with Crippen LogP contribution in [0.2, 0.25) is 0 Å². The van der Waals surface area contributed by atoms with E-state index in [0.29, 0.717) is 0 Å². The molecule has 0 N–H and O–H groups in total. The Morgan fingerprint density at radius 3 is 0.633 bits per heavy atom. The average Bonchev–Trinajstić information content (AvgIpc) is 3.16. The first-order valence-corrected chi connectivity index (χ1v) is 18.3. The summed E-state index contributed by atoms with van der Waals surface area (Å²) < 4.78 is 0.